The van der Waals surface area contributed by atoms with Crippen LogP contribution in [0.4, 0.5) is 0 Å². The molecule has 2 atom stereocenters. The summed E-state index contributed by atoms with van der Waals surface area (Å²) in [6.45, 7) is 9.40. The van der Waals surface area contributed by atoms with E-state index in [0.717, 1.165) is 6.04 Å². The van der Waals surface area contributed by atoms with Crippen molar-refractivity contribution in [3.63, 3.8) is 0 Å². The summed E-state index contributed by atoms with van der Waals surface area (Å²) in [6, 6.07) is 33.1. The van der Waals surface area contributed by atoms with E-state index in [1.165, 1.54) is 68.9 Å². The van der Waals surface area contributed by atoms with Gasteiger partial charge in [-0.2, -0.15) is 0 Å². The van der Waals surface area contributed by atoms with Crippen molar-refractivity contribution in [2.75, 3.05) is 0 Å². The van der Waals surface area contributed by atoms with Crippen LogP contribution in [-0.2, 0) is 19.4 Å². The summed E-state index contributed by atoms with van der Waals surface area (Å²) in [4.78, 5) is 0. The Bertz CT molecular complexity index is 1220. The van der Waals surface area contributed by atoms with Crippen molar-refractivity contribution in [2.45, 2.75) is 96.2 Å². The Morgan fingerprint density at radius 2 is 1.05 bits per heavy atom. The molecule has 2 unspecified atom stereocenters. The molecule has 5 rings (SSSR count). The minimum absolute atomic E-state index is 0.286. The first kappa shape index (κ1) is 32.1. The summed E-state index contributed by atoms with van der Waals surface area (Å²) in [7, 11) is 0. The number of hydrogen-bond donors (Lipinski definition) is 1. The van der Waals surface area contributed by atoms with Gasteiger partial charge in [-0.25, -0.2) is 0 Å². The topological polar surface area (TPSA) is 12.0 Å². The number of nitrogens with one attached hydrogen (secondary N) is 1. The third-order valence-corrected chi connectivity index (χ3v) is 39.0. The second-order valence-corrected chi connectivity index (χ2v) is 41.8. The quantitative estimate of drug-likeness (QED) is 0.249. The summed E-state index contributed by atoms with van der Waals surface area (Å²) >= 11 is -2.80. The van der Waals surface area contributed by atoms with Crippen LogP contribution in [0.1, 0.15) is 85.5 Å². The van der Waals surface area contributed by atoms with Gasteiger partial charge in [-0.3, -0.25) is 0 Å². The van der Waals surface area contributed by atoms with Gasteiger partial charge in [-0.05, 0) is 11.1 Å². The molecule has 0 aromatic heterocycles. The Kier molecular flexibility index (Phi) is 12.6. The molecule has 1 nitrogen and oxygen atoms in total. The second kappa shape index (κ2) is 16.1. The first-order valence-corrected chi connectivity index (χ1v) is 32.4. The maximum Gasteiger partial charge on any atom is -0.0184 e. The van der Waals surface area contributed by atoms with Crippen LogP contribution < -0.4 is 8.49 Å². The van der Waals surface area contributed by atoms with Gasteiger partial charge in [-0.15, -0.1) is 0 Å². The third kappa shape index (κ3) is 9.09. The van der Waals surface area contributed by atoms with Gasteiger partial charge in [0, 0.05) is 0 Å². The predicted molar refractivity (Wildman–Crippen MR) is 181 cm³/mol. The summed E-state index contributed by atoms with van der Waals surface area (Å²) in [5.74, 6) is 0.671. The van der Waals surface area contributed by atoms with E-state index in [0.29, 0.717) is 5.92 Å². The summed E-state index contributed by atoms with van der Waals surface area (Å²) < 4.78 is 9.23. The molecule has 1 N–H and O–H groups in total. The van der Waals surface area contributed by atoms with E-state index in [1.807, 2.05) is 15.5 Å². The smallest absolute Gasteiger partial charge is 0.0184 e. The van der Waals surface area contributed by atoms with Gasteiger partial charge in [0.2, 0.25) is 0 Å². The van der Waals surface area contributed by atoms with Gasteiger partial charge in [0.15, 0.2) is 0 Å². The fourth-order valence-electron chi connectivity index (χ4n) is 7.15. The Balaban J connectivity index is 0.000000267. The summed E-state index contributed by atoms with van der Waals surface area (Å²) in [5, 5.41) is 1.68. The summed E-state index contributed by atoms with van der Waals surface area (Å²) in [5.41, 5.74) is 7.44. The minimum atomic E-state index is -2.80. The zero-order valence-electron chi connectivity index (χ0n) is 26.4. The zero-order valence-corrected chi connectivity index (χ0v) is 31.4. The largest absolute Gasteiger partial charge is 0.0622 e. The van der Waals surface area contributed by atoms with Gasteiger partial charge < -0.3 is 0 Å². The molecule has 0 aliphatic heterocycles. The van der Waals surface area contributed by atoms with E-state index < -0.39 is 19.4 Å². The molecule has 218 valence electrons. The van der Waals surface area contributed by atoms with E-state index in [1.54, 1.807) is 21.9 Å². The Labute approximate surface area is 257 Å². The standard InChI is InChI=1S/C12H10.C10H20N.C9H13.C6H7Si.CH3.Hf/c1-3-7-11(8-4-1)12-9-5-2-6-10-12;11-10-8-6-4-2-1-3-5-7-9-10;1-6-5-7(2)9(4)8(6)3;7-6-4-2-1-3-5-6;;/h1-10H;10-11H,1-9H2;6H,1-4H3;1-5H,7H2;1H3;/q;-1;;;;+1. The van der Waals surface area contributed by atoms with E-state index in [2.05, 4.69) is 115 Å². The number of hydrogen-bond acceptors (Lipinski definition) is 1. The van der Waals surface area contributed by atoms with E-state index in [9.17, 15) is 0 Å². The Morgan fingerprint density at radius 3 is 1.49 bits per heavy atom. The van der Waals surface area contributed by atoms with E-state index in [4.69, 9.17) is 0 Å². The van der Waals surface area contributed by atoms with Gasteiger partial charge in [0.05, 0.1) is 0 Å². The maximum atomic E-state index is 4.54. The van der Waals surface area contributed by atoms with Crippen molar-refractivity contribution in [1.82, 2.24) is 3.30 Å². The molecule has 0 spiro atoms. The third-order valence-electron chi connectivity index (χ3n) is 9.64. The van der Waals surface area contributed by atoms with Crippen molar-refractivity contribution in [3.8, 4) is 11.1 Å². The molecule has 0 heterocycles. The molecule has 0 amide bonds. The van der Waals surface area contributed by atoms with Crippen molar-refractivity contribution in [2.24, 2.45) is 5.92 Å². The van der Waals surface area contributed by atoms with Crippen molar-refractivity contribution in [1.29, 1.82) is 0 Å². The molecule has 3 aromatic carbocycles. The van der Waals surface area contributed by atoms with E-state index in [-0.39, 0.29) is 6.71 Å². The van der Waals surface area contributed by atoms with Crippen LogP contribution in [0.2, 0.25) is 4.68 Å². The molecular weight excluding hydrogens is 677 g/mol. The number of rotatable bonds is 6. The molecule has 1 saturated carbocycles. The minimum Gasteiger partial charge on any atom is -0.0622 e. The van der Waals surface area contributed by atoms with Crippen LogP contribution in [0.15, 0.2) is 111 Å². The molecule has 3 aromatic rings. The maximum absolute atomic E-state index is 4.54. The molecule has 2 aliphatic carbocycles. The van der Waals surface area contributed by atoms with E-state index >= 15 is 0 Å². The molecule has 0 saturated heterocycles. The molecule has 0 radical (unpaired) electrons. The monoisotopic (exact) mass is 731 g/mol. The molecular formula is C38H53HfNSi. The van der Waals surface area contributed by atoms with Crippen LogP contribution >= 0.6 is 0 Å². The fraction of sp³-hybridized carbons (Fsp3) is 0.421. The second-order valence-electron chi connectivity index (χ2n) is 12.7. The Hall–Kier alpha value is -1.81. The van der Waals surface area contributed by atoms with Crippen LogP contribution in [0.5, 0.6) is 0 Å². The molecule has 0 bridgehead atoms. The fourth-order valence-corrected chi connectivity index (χ4v) is 43.0. The van der Waals surface area contributed by atoms with Crippen LogP contribution in [0.25, 0.3) is 11.1 Å². The van der Waals surface area contributed by atoms with Gasteiger partial charge in [0.25, 0.3) is 0 Å². The van der Waals surface area contributed by atoms with Crippen molar-refractivity contribution in [3.05, 3.63) is 111 Å². The first-order chi connectivity index (χ1) is 19.9. The van der Waals surface area contributed by atoms with Crippen LogP contribution in [0, 0.1) is 5.92 Å². The van der Waals surface area contributed by atoms with Crippen molar-refractivity contribution >= 4 is 11.9 Å². The first-order valence-electron chi connectivity index (χ1n) is 16.2. The molecule has 41 heavy (non-hydrogen) atoms. The average molecular weight is 730 g/mol. The Morgan fingerprint density at radius 1 is 0.610 bits per heavy atom. The van der Waals surface area contributed by atoms with Crippen LogP contribution in [0.3, 0.4) is 0 Å². The normalized spacial score (nSPS) is 20.6. The molecule has 3 heteroatoms. The van der Waals surface area contributed by atoms with Gasteiger partial charge in [0.1, 0.15) is 0 Å². The predicted octanol–water partition coefficient (Wildman–Crippen LogP) is 9.61. The van der Waals surface area contributed by atoms with Crippen molar-refractivity contribution < 1.29 is 19.4 Å². The summed E-state index contributed by atoms with van der Waals surface area (Å²) in [6.07, 6.45) is 12.9. The molecule has 1 fully saturated rings. The average Bonchev–Trinajstić information content (AvgIpc) is 3.20. The SMILES string of the molecule is CC1=C(C)C(C)[C]([Hf]([CH3])([NH]C2CCCCCCCCC2)[SiH2]c2ccccc2)=C1C.c1ccc(-c2ccccc2)cc1. The number of allylic oxidation sites excluding steroid dienone is 4. The van der Waals surface area contributed by atoms with Gasteiger partial charge >= 0.3 is 187 Å². The number of benzene rings is 3. The molecule has 2 aliphatic rings. The zero-order chi connectivity index (χ0) is 29.1. The van der Waals surface area contributed by atoms with Gasteiger partial charge in [-0.1, -0.05) is 60.7 Å². The van der Waals surface area contributed by atoms with Crippen LogP contribution in [-0.4, -0.2) is 12.7 Å².